The van der Waals surface area contributed by atoms with E-state index in [0.29, 0.717) is 0 Å². The van der Waals surface area contributed by atoms with E-state index in [0.717, 1.165) is 6.08 Å². The molecule has 0 saturated carbocycles. The van der Waals surface area contributed by atoms with Gasteiger partial charge in [-0.1, -0.05) is 6.07 Å². The van der Waals surface area contributed by atoms with E-state index < -0.39 is 11.7 Å². The number of isocyanates is 1. The molecule has 0 aliphatic rings. The van der Waals surface area contributed by atoms with Crippen LogP contribution in [0.3, 0.4) is 0 Å². The minimum Gasteiger partial charge on any atom is -0.266 e. The van der Waals surface area contributed by atoms with Crippen molar-refractivity contribution in [3.8, 4) is 0 Å². The summed E-state index contributed by atoms with van der Waals surface area (Å²) in [5, 5.41) is 0. The number of carbonyl (C=O) groups excluding carboxylic acids is 2. The first-order chi connectivity index (χ1) is 6.16. The van der Waals surface area contributed by atoms with Crippen LogP contribution >= 0.6 is 15.9 Å². The molecular formula is C8H3BrFNO2. The van der Waals surface area contributed by atoms with Crippen molar-refractivity contribution in [2.24, 2.45) is 4.99 Å². The molecule has 0 aliphatic heterocycles. The van der Waals surface area contributed by atoms with Gasteiger partial charge in [-0.3, -0.25) is 4.79 Å². The average molecular weight is 244 g/mol. The SMILES string of the molecule is O=C=NC(=O)c1cccc(Br)c1F. The van der Waals surface area contributed by atoms with Crippen LogP contribution in [0.15, 0.2) is 27.7 Å². The van der Waals surface area contributed by atoms with Crippen LogP contribution in [0.4, 0.5) is 4.39 Å². The van der Waals surface area contributed by atoms with Crippen molar-refractivity contribution in [1.29, 1.82) is 0 Å². The van der Waals surface area contributed by atoms with Gasteiger partial charge in [-0.2, -0.15) is 0 Å². The molecule has 0 heterocycles. The summed E-state index contributed by atoms with van der Waals surface area (Å²) in [6.45, 7) is 0. The zero-order valence-corrected chi connectivity index (χ0v) is 7.84. The molecule has 13 heavy (non-hydrogen) atoms. The van der Waals surface area contributed by atoms with Crippen LogP contribution in [-0.2, 0) is 4.79 Å². The molecule has 1 amide bonds. The van der Waals surface area contributed by atoms with Gasteiger partial charge in [-0.15, -0.1) is 4.99 Å². The normalized spacial score (nSPS) is 9.08. The van der Waals surface area contributed by atoms with Gasteiger partial charge >= 0.3 is 0 Å². The molecule has 3 nitrogen and oxygen atoms in total. The molecule has 0 N–H and O–H groups in total. The number of nitrogens with zero attached hydrogens (tertiary/aromatic N) is 1. The van der Waals surface area contributed by atoms with Crippen molar-refractivity contribution < 1.29 is 14.0 Å². The second-order valence-corrected chi connectivity index (χ2v) is 2.96. The number of hydrogen-bond donors (Lipinski definition) is 0. The van der Waals surface area contributed by atoms with Crippen molar-refractivity contribution in [2.45, 2.75) is 0 Å². The number of carbonyl (C=O) groups is 1. The molecule has 0 radical (unpaired) electrons. The third-order valence-corrected chi connectivity index (χ3v) is 1.94. The van der Waals surface area contributed by atoms with Gasteiger partial charge in [-0.25, -0.2) is 9.18 Å². The third-order valence-electron chi connectivity index (χ3n) is 1.33. The van der Waals surface area contributed by atoms with Crippen LogP contribution in [0.1, 0.15) is 10.4 Å². The Kier molecular flexibility index (Phi) is 3.06. The molecule has 0 bridgehead atoms. The molecule has 0 atom stereocenters. The van der Waals surface area contributed by atoms with E-state index in [4.69, 9.17) is 0 Å². The minimum absolute atomic E-state index is 0.152. The molecule has 0 fully saturated rings. The van der Waals surface area contributed by atoms with Gasteiger partial charge < -0.3 is 0 Å². The van der Waals surface area contributed by atoms with Crippen molar-refractivity contribution in [1.82, 2.24) is 0 Å². The van der Waals surface area contributed by atoms with Gasteiger partial charge in [0.05, 0.1) is 10.0 Å². The Labute approximate surface area is 81.4 Å². The minimum atomic E-state index is -0.936. The number of benzene rings is 1. The van der Waals surface area contributed by atoms with Crippen LogP contribution < -0.4 is 0 Å². The molecule has 1 aromatic rings. The Morgan fingerprint density at radius 3 is 2.85 bits per heavy atom. The molecule has 5 heteroatoms. The van der Waals surface area contributed by atoms with Gasteiger partial charge in [0.2, 0.25) is 6.08 Å². The smallest absolute Gasteiger partial charge is 0.266 e. The maximum absolute atomic E-state index is 13.1. The van der Waals surface area contributed by atoms with Gasteiger partial charge in [0.15, 0.2) is 0 Å². The standard InChI is InChI=1S/C8H3BrFNO2/c9-6-3-1-2-5(7(6)10)8(13)11-4-12/h1-3H. The van der Waals surface area contributed by atoms with Gasteiger partial charge in [0, 0.05) is 0 Å². The number of hydrogen-bond acceptors (Lipinski definition) is 2. The second kappa shape index (κ2) is 4.07. The summed E-state index contributed by atoms with van der Waals surface area (Å²) < 4.78 is 13.3. The van der Waals surface area contributed by atoms with Crippen LogP contribution in [0, 0.1) is 5.82 Å². The molecule has 0 aliphatic carbocycles. The van der Waals surface area contributed by atoms with Crippen molar-refractivity contribution in [3.05, 3.63) is 34.1 Å². The van der Waals surface area contributed by atoms with Gasteiger partial charge in [-0.05, 0) is 28.1 Å². The molecule has 0 spiro atoms. The average Bonchev–Trinajstić information content (AvgIpc) is 2.10. The highest BCUT2D eigenvalue weighted by Crippen LogP contribution is 2.18. The summed E-state index contributed by atoms with van der Waals surface area (Å²) in [6.07, 6.45) is 1.06. The molecular weight excluding hydrogens is 241 g/mol. The predicted octanol–water partition coefficient (Wildman–Crippen LogP) is 2.06. The van der Waals surface area contributed by atoms with Crippen molar-refractivity contribution in [2.75, 3.05) is 0 Å². The largest absolute Gasteiger partial charge is 0.290 e. The summed E-state index contributed by atoms with van der Waals surface area (Å²) in [5.41, 5.74) is -0.252. The highest BCUT2D eigenvalue weighted by atomic mass is 79.9. The van der Waals surface area contributed by atoms with E-state index >= 15 is 0 Å². The lowest BCUT2D eigenvalue weighted by Gasteiger charge is -1.97. The lowest BCUT2D eigenvalue weighted by atomic mass is 10.2. The Hall–Kier alpha value is -1.32. The van der Waals surface area contributed by atoms with E-state index in [-0.39, 0.29) is 10.0 Å². The van der Waals surface area contributed by atoms with Crippen LogP contribution in [0.2, 0.25) is 0 Å². The van der Waals surface area contributed by atoms with Crippen LogP contribution in [0.25, 0.3) is 0 Å². The second-order valence-electron chi connectivity index (χ2n) is 2.11. The number of rotatable bonds is 1. The van der Waals surface area contributed by atoms with Gasteiger partial charge in [0.1, 0.15) is 5.82 Å². The summed E-state index contributed by atoms with van der Waals surface area (Å²) in [4.78, 5) is 23.5. The first-order valence-electron chi connectivity index (χ1n) is 3.23. The highest BCUT2D eigenvalue weighted by Gasteiger charge is 2.12. The fourth-order valence-electron chi connectivity index (χ4n) is 0.771. The van der Waals surface area contributed by atoms with E-state index in [2.05, 4.69) is 20.9 Å². The molecule has 1 rings (SSSR count). The maximum Gasteiger partial charge on any atom is 0.290 e. The Bertz CT molecular complexity index is 399. The summed E-state index contributed by atoms with van der Waals surface area (Å²) in [7, 11) is 0. The first-order valence-corrected chi connectivity index (χ1v) is 4.02. The zero-order chi connectivity index (χ0) is 9.84. The monoisotopic (exact) mass is 243 g/mol. The van der Waals surface area contributed by atoms with E-state index in [1.54, 1.807) is 0 Å². The van der Waals surface area contributed by atoms with Crippen molar-refractivity contribution in [3.63, 3.8) is 0 Å². The molecule has 0 aromatic heterocycles. The third kappa shape index (κ3) is 2.08. The molecule has 1 aromatic carbocycles. The molecule has 0 unspecified atom stereocenters. The Balaban J connectivity index is 3.22. The first kappa shape index (κ1) is 9.77. The topological polar surface area (TPSA) is 46.5 Å². The maximum atomic E-state index is 13.1. The Morgan fingerprint density at radius 2 is 2.23 bits per heavy atom. The summed E-state index contributed by atoms with van der Waals surface area (Å²) in [6, 6.07) is 4.15. The Morgan fingerprint density at radius 1 is 1.54 bits per heavy atom. The van der Waals surface area contributed by atoms with E-state index in [9.17, 15) is 14.0 Å². The molecule has 66 valence electrons. The van der Waals surface area contributed by atoms with Gasteiger partial charge in [0.25, 0.3) is 5.91 Å². The quantitative estimate of drug-likeness (QED) is 0.560. The van der Waals surface area contributed by atoms with E-state index in [1.165, 1.54) is 18.2 Å². The van der Waals surface area contributed by atoms with E-state index in [1.807, 2.05) is 0 Å². The molecule has 0 saturated heterocycles. The highest BCUT2D eigenvalue weighted by molar-refractivity contribution is 9.10. The lowest BCUT2D eigenvalue weighted by Crippen LogP contribution is -1.98. The summed E-state index contributed by atoms with van der Waals surface area (Å²) >= 11 is 2.90. The zero-order valence-electron chi connectivity index (χ0n) is 6.25. The fraction of sp³-hybridized carbons (Fsp3) is 0. The fourth-order valence-corrected chi connectivity index (χ4v) is 1.14. The van der Waals surface area contributed by atoms with Crippen LogP contribution in [0.5, 0.6) is 0 Å². The lowest BCUT2D eigenvalue weighted by molar-refractivity contribution is 0.0999. The van der Waals surface area contributed by atoms with Crippen LogP contribution in [-0.4, -0.2) is 12.0 Å². The van der Waals surface area contributed by atoms with Crippen molar-refractivity contribution >= 4 is 27.9 Å². The predicted molar refractivity (Wildman–Crippen MR) is 46.6 cm³/mol. The number of halogens is 2. The summed E-state index contributed by atoms with van der Waals surface area (Å²) in [5.74, 6) is -1.67. The number of aliphatic imine (C=N–C) groups is 1. The number of amides is 1.